The quantitative estimate of drug-likeness (QED) is 0.745. The van der Waals surface area contributed by atoms with Gasteiger partial charge >= 0.3 is 0 Å². The summed E-state index contributed by atoms with van der Waals surface area (Å²) < 4.78 is 0. The Labute approximate surface area is 104 Å². The molecule has 1 aromatic rings. The molecule has 0 amide bonds. The first-order chi connectivity index (χ1) is 8.24. The summed E-state index contributed by atoms with van der Waals surface area (Å²) in [5.74, 6) is 0.479. The molecular formula is C15H21NO. The molecule has 92 valence electrons. The highest BCUT2D eigenvalue weighted by atomic mass is 16.1. The summed E-state index contributed by atoms with van der Waals surface area (Å²) in [6.07, 6.45) is 3.49. The van der Waals surface area contributed by atoms with Crippen LogP contribution in [0.4, 0.5) is 0 Å². The molecule has 1 heterocycles. The fourth-order valence-electron chi connectivity index (χ4n) is 2.83. The van der Waals surface area contributed by atoms with E-state index >= 15 is 0 Å². The third-order valence-electron chi connectivity index (χ3n) is 3.96. The van der Waals surface area contributed by atoms with Crippen molar-refractivity contribution in [2.75, 3.05) is 6.54 Å². The number of hydrogen-bond donors (Lipinski definition) is 0. The average molecular weight is 231 g/mol. The fourth-order valence-corrected chi connectivity index (χ4v) is 2.83. The zero-order chi connectivity index (χ0) is 12.3. The van der Waals surface area contributed by atoms with Gasteiger partial charge in [-0.05, 0) is 37.8 Å². The Hall–Kier alpha value is -1.15. The highest BCUT2D eigenvalue weighted by Gasteiger charge is 2.31. The first-order valence-electron chi connectivity index (χ1n) is 6.50. The fraction of sp³-hybridized carbons (Fsp3) is 0.533. The van der Waals surface area contributed by atoms with Gasteiger partial charge in [0.2, 0.25) is 0 Å². The van der Waals surface area contributed by atoms with Gasteiger partial charge in [0.25, 0.3) is 0 Å². The highest BCUT2D eigenvalue weighted by Crippen LogP contribution is 2.30. The maximum atomic E-state index is 11.3. The van der Waals surface area contributed by atoms with E-state index in [1.54, 1.807) is 0 Å². The smallest absolute Gasteiger partial charge is 0.137 e. The van der Waals surface area contributed by atoms with Crippen molar-refractivity contribution in [3.8, 4) is 0 Å². The molecule has 1 aliphatic rings. The van der Waals surface area contributed by atoms with Crippen molar-refractivity contribution in [3.63, 3.8) is 0 Å². The van der Waals surface area contributed by atoms with Crippen LogP contribution in [0.25, 0.3) is 0 Å². The van der Waals surface area contributed by atoms with Crippen LogP contribution in [0, 0.1) is 5.92 Å². The highest BCUT2D eigenvalue weighted by molar-refractivity contribution is 5.58. The Morgan fingerprint density at radius 1 is 1.35 bits per heavy atom. The minimum Gasteiger partial charge on any atom is -0.302 e. The van der Waals surface area contributed by atoms with Crippen LogP contribution in [0.5, 0.6) is 0 Å². The van der Waals surface area contributed by atoms with Gasteiger partial charge in [0.15, 0.2) is 0 Å². The van der Waals surface area contributed by atoms with Crippen LogP contribution in [0.3, 0.4) is 0 Å². The molecule has 2 nitrogen and oxygen atoms in total. The SMILES string of the molecule is CC1CCCN(C(C)c2ccccc2)C1C=O. The second-order valence-electron chi connectivity index (χ2n) is 5.07. The molecule has 2 rings (SSSR count). The molecule has 2 heteroatoms. The van der Waals surface area contributed by atoms with E-state index in [2.05, 4.69) is 43.0 Å². The third kappa shape index (κ3) is 2.58. The Bertz CT molecular complexity index is 362. The van der Waals surface area contributed by atoms with E-state index in [-0.39, 0.29) is 6.04 Å². The van der Waals surface area contributed by atoms with E-state index in [0.29, 0.717) is 12.0 Å². The van der Waals surface area contributed by atoms with Crippen LogP contribution in [0.2, 0.25) is 0 Å². The van der Waals surface area contributed by atoms with Crippen LogP contribution in [0.15, 0.2) is 30.3 Å². The molecule has 1 aliphatic heterocycles. The second kappa shape index (κ2) is 5.46. The Kier molecular flexibility index (Phi) is 3.95. The van der Waals surface area contributed by atoms with E-state index in [0.717, 1.165) is 12.8 Å². The van der Waals surface area contributed by atoms with Crippen molar-refractivity contribution < 1.29 is 4.79 Å². The van der Waals surface area contributed by atoms with Crippen LogP contribution in [-0.2, 0) is 4.79 Å². The van der Waals surface area contributed by atoms with E-state index in [9.17, 15) is 4.79 Å². The zero-order valence-electron chi connectivity index (χ0n) is 10.7. The monoisotopic (exact) mass is 231 g/mol. The lowest BCUT2D eigenvalue weighted by atomic mass is 9.89. The molecule has 0 bridgehead atoms. The van der Waals surface area contributed by atoms with Crippen LogP contribution in [0.1, 0.15) is 38.3 Å². The van der Waals surface area contributed by atoms with E-state index in [4.69, 9.17) is 0 Å². The summed E-state index contributed by atoms with van der Waals surface area (Å²) >= 11 is 0. The van der Waals surface area contributed by atoms with Gasteiger partial charge in [-0.2, -0.15) is 0 Å². The number of rotatable bonds is 3. The molecule has 17 heavy (non-hydrogen) atoms. The molecule has 0 radical (unpaired) electrons. The Balaban J connectivity index is 2.17. The molecule has 0 aromatic heterocycles. The number of nitrogens with zero attached hydrogens (tertiary/aromatic N) is 1. The summed E-state index contributed by atoms with van der Waals surface area (Å²) in [6, 6.07) is 10.9. The number of carbonyl (C=O) groups is 1. The van der Waals surface area contributed by atoms with Gasteiger partial charge < -0.3 is 4.79 Å². The standard InChI is InChI=1S/C15H21NO/c1-12-7-6-10-16(15(12)11-17)13(2)14-8-4-3-5-9-14/h3-5,8-9,11-13,15H,6-7,10H2,1-2H3. The summed E-state index contributed by atoms with van der Waals surface area (Å²) in [5, 5.41) is 0. The predicted octanol–water partition coefficient (Wildman–Crippen LogP) is 3.05. The van der Waals surface area contributed by atoms with Crippen molar-refractivity contribution >= 4 is 6.29 Å². The van der Waals surface area contributed by atoms with Crippen LogP contribution in [-0.4, -0.2) is 23.8 Å². The average Bonchev–Trinajstić information content (AvgIpc) is 2.38. The van der Waals surface area contributed by atoms with Gasteiger partial charge in [0.1, 0.15) is 6.29 Å². The van der Waals surface area contributed by atoms with Crippen molar-refractivity contribution in [2.24, 2.45) is 5.92 Å². The molecule has 1 fully saturated rings. The lowest BCUT2D eigenvalue weighted by Gasteiger charge is -2.40. The maximum Gasteiger partial charge on any atom is 0.137 e. The lowest BCUT2D eigenvalue weighted by Crippen LogP contribution is -2.46. The van der Waals surface area contributed by atoms with Crippen molar-refractivity contribution in [1.82, 2.24) is 4.90 Å². The first-order valence-corrected chi connectivity index (χ1v) is 6.50. The van der Waals surface area contributed by atoms with Gasteiger partial charge in [0.05, 0.1) is 6.04 Å². The summed E-state index contributed by atoms with van der Waals surface area (Å²) in [5.41, 5.74) is 1.30. The molecule has 0 spiro atoms. The summed E-state index contributed by atoms with van der Waals surface area (Å²) in [7, 11) is 0. The topological polar surface area (TPSA) is 20.3 Å². The minimum absolute atomic E-state index is 0.0824. The number of aldehydes is 1. The van der Waals surface area contributed by atoms with Crippen molar-refractivity contribution in [1.29, 1.82) is 0 Å². The lowest BCUT2D eigenvalue weighted by molar-refractivity contribution is -0.116. The van der Waals surface area contributed by atoms with E-state index in [1.807, 2.05) is 6.07 Å². The minimum atomic E-state index is 0.0824. The van der Waals surface area contributed by atoms with Gasteiger partial charge in [0, 0.05) is 6.04 Å². The summed E-state index contributed by atoms with van der Waals surface area (Å²) in [4.78, 5) is 13.6. The number of carbonyl (C=O) groups excluding carboxylic acids is 1. The number of benzene rings is 1. The van der Waals surface area contributed by atoms with E-state index < -0.39 is 0 Å². The van der Waals surface area contributed by atoms with Gasteiger partial charge in [-0.25, -0.2) is 0 Å². The Morgan fingerprint density at radius 3 is 2.71 bits per heavy atom. The Morgan fingerprint density at radius 2 is 2.06 bits per heavy atom. The molecule has 0 aliphatic carbocycles. The number of piperidine rings is 1. The number of likely N-dealkylation sites (tertiary alicyclic amines) is 1. The van der Waals surface area contributed by atoms with Gasteiger partial charge in [-0.15, -0.1) is 0 Å². The largest absolute Gasteiger partial charge is 0.302 e. The van der Waals surface area contributed by atoms with Crippen molar-refractivity contribution in [2.45, 2.75) is 38.8 Å². The van der Waals surface area contributed by atoms with Gasteiger partial charge in [-0.3, -0.25) is 4.90 Å². The molecule has 0 saturated carbocycles. The van der Waals surface area contributed by atoms with Crippen molar-refractivity contribution in [3.05, 3.63) is 35.9 Å². The first kappa shape index (κ1) is 12.3. The predicted molar refractivity (Wildman–Crippen MR) is 69.8 cm³/mol. The molecule has 1 aromatic carbocycles. The molecule has 0 N–H and O–H groups in total. The molecule has 3 atom stereocenters. The second-order valence-corrected chi connectivity index (χ2v) is 5.07. The normalized spacial score (nSPS) is 27.6. The van der Waals surface area contributed by atoms with E-state index in [1.165, 1.54) is 18.4 Å². The van der Waals surface area contributed by atoms with Crippen LogP contribution >= 0.6 is 0 Å². The van der Waals surface area contributed by atoms with Gasteiger partial charge in [-0.1, -0.05) is 37.3 Å². The van der Waals surface area contributed by atoms with Crippen LogP contribution < -0.4 is 0 Å². The molecular weight excluding hydrogens is 210 g/mol. The number of hydrogen-bond acceptors (Lipinski definition) is 2. The summed E-state index contributed by atoms with van der Waals surface area (Å²) in [6.45, 7) is 5.41. The molecule has 1 saturated heterocycles. The third-order valence-corrected chi connectivity index (χ3v) is 3.96. The molecule has 3 unspecified atom stereocenters. The zero-order valence-corrected chi connectivity index (χ0v) is 10.7. The maximum absolute atomic E-state index is 11.3.